The predicted octanol–water partition coefficient (Wildman–Crippen LogP) is 2.41. The predicted molar refractivity (Wildman–Crippen MR) is 118 cm³/mol. The molecule has 2 N–H and O–H groups in total. The number of benzene rings is 3. The van der Waals surface area contributed by atoms with Gasteiger partial charge in [-0.25, -0.2) is 0 Å². The highest BCUT2D eigenvalue weighted by molar-refractivity contribution is 7.87. The fraction of sp³-hybridized carbons (Fsp3) is 0.0909. The van der Waals surface area contributed by atoms with Gasteiger partial charge < -0.3 is 14.8 Å². The third-order valence-electron chi connectivity index (χ3n) is 4.38. The Morgan fingerprint density at radius 3 is 2.27 bits per heavy atom. The molecule has 0 spiro atoms. The molecular weight excluding hydrogens is 450 g/mol. The molecule has 0 atom stereocenters. The van der Waals surface area contributed by atoms with Crippen molar-refractivity contribution in [2.24, 2.45) is 0 Å². The Morgan fingerprint density at radius 2 is 1.61 bits per heavy atom. The summed E-state index contributed by atoms with van der Waals surface area (Å²) in [6.07, 6.45) is 0. The summed E-state index contributed by atoms with van der Waals surface area (Å²) < 4.78 is 29.7. The number of carbonyl (C=O) groups is 2. The van der Waals surface area contributed by atoms with Crippen LogP contribution in [0.3, 0.4) is 0 Å². The van der Waals surface area contributed by atoms with Crippen molar-refractivity contribution in [3.05, 3.63) is 100 Å². The van der Waals surface area contributed by atoms with E-state index in [1.165, 1.54) is 36.4 Å². The molecular formula is C22H19N3O7S. The number of nitrogens with zero attached hydrogens (tertiary/aromatic N) is 1. The second kappa shape index (κ2) is 10.4. The molecule has 3 rings (SSSR count). The van der Waals surface area contributed by atoms with Crippen LogP contribution in [0.25, 0.3) is 0 Å². The van der Waals surface area contributed by atoms with Gasteiger partial charge in [0.2, 0.25) is 5.91 Å². The SMILES string of the molecule is O=C(CNC(=O)c1ccc(OS(=O)(=O)c2cccc([N+](=O)[O-])c2)cc1)NCc1ccccc1. The van der Waals surface area contributed by atoms with Crippen LogP contribution in [-0.2, 0) is 21.5 Å². The van der Waals surface area contributed by atoms with Crippen molar-refractivity contribution in [2.45, 2.75) is 11.4 Å². The zero-order valence-corrected chi connectivity index (χ0v) is 17.9. The maximum Gasteiger partial charge on any atom is 0.339 e. The first kappa shape index (κ1) is 23.4. The zero-order chi connectivity index (χ0) is 23.8. The first-order chi connectivity index (χ1) is 15.7. The molecule has 0 saturated heterocycles. The number of nitro benzene ring substituents is 1. The van der Waals surface area contributed by atoms with Crippen molar-refractivity contribution in [1.82, 2.24) is 10.6 Å². The van der Waals surface area contributed by atoms with Gasteiger partial charge in [-0.1, -0.05) is 36.4 Å². The van der Waals surface area contributed by atoms with E-state index in [9.17, 15) is 28.1 Å². The lowest BCUT2D eigenvalue weighted by molar-refractivity contribution is -0.385. The minimum atomic E-state index is -4.31. The second-order valence-corrected chi connectivity index (χ2v) is 8.31. The standard InChI is InChI=1S/C22H19N3O7S/c26-21(23-14-16-5-2-1-3-6-16)15-24-22(27)17-9-11-19(12-10-17)32-33(30,31)20-8-4-7-18(13-20)25(28)29/h1-13H,14-15H2,(H,23,26)(H,24,27). The molecule has 11 heteroatoms. The summed E-state index contributed by atoms with van der Waals surface area (Å²) in [5.41, 5.74) is 0.721. The van der Waals surface area contributed by atoms with Crippen molar-refractivity contribution in [2.75, 3.05) is 6.54 Å². The highest BCUT2D eigenvalue weighted by atomic mass is 32.2. The van der Waals surface area contributed by atoms with Gasteiger partial charge in [0.1, 0.15) is 10.6 Å². The van der Waals surface area contributed by atoms with Gasteiger partial charge >= 0.3 is 10.1 Å². The lowest BCUT2D eigenvalue weighted by Crippen LogP contribution is -2.36. The third kappa shape index (κ3) is 6.61. The number of carbonyl (C=O) groups excluding carboxylic acids is 2. The minimum Gasteiger partial charge on any atom is -0.379 e. The number of amides is 2. The topological polar surface area (TPSA) is 145 Å². The Morgan fingerprint density at radius 1 is 0.909 bits per heavy atom. The molecule has 0 unspecified atom stereocenters. The third-order valence-corrected chi connectivity index (χ3v) is 5.62. The summed E-state index contributed by atoms with van der Waals surface area (Å²) in [5.74, 6) is -0.980. The normalized spacial score (nSPS) is 10.8. The lowest BCUT2D eigenvalue weighted by atomic mass is 10.2. The van der Waals surface area contributed by atoms with E-state index in [1.54, 1.807) is 0 Å². The molecule has 3 aromatic carbocycles. The van der Waals surface area contributed by atoms with Crippen LogP contribution >= 0.6 is 0 Å². The highest BCUT2D eigenvalue weighted by Crippen LogP contribution is 2.22. The number of hydrogen-bond donors (Lipinski definition) is 2. The second-order valence-electron chi connectivity index (χ2n) is 6.76. The number of non-ortho nitro benzene ring substituents is 1. The van der Waals surface area contributed by atoms with Crippen LogP contribution in [0.1, 0.15) is 15.9 Å². The van der Waals surface area contributed by atoms with Crippen LogP contribution in [0.5, 0.6) is 5.75 Å². The van der Waals surface area contributed by atoms with Crippen molar-refractivity contribution >= 4 is 27.6 Å². The van der Waals surface area contributed by atoms with E-state index in [0.717, 1.165) is 17.7 Å². The Kier molecular flexibility index (Phi) is 7.36. The molecule has 0 fully saturated rings. The van der Waals surface area contributed by atoms with Crippen molar-refractivity contribution < 1.29 is 27.1 Å². The fourth-order valence-corrected chi connectivity index (χ4v) is 3.68. The summed E-state index contributed by atoms with van der Waals surface area (Å²) in [6.45, 7) is 0.103. The molecule has 10 nitrogen and oxygen atoms in total. The Labute approximate surface area is 189 Å². The van der Waals surface area contributed by atoms with Gasteiger partial charge in [0, 0.05) is 24.2 Å². The summed E-state index contributed by atoms with van der Waals surface area (Å²) in [6, 6.07) is 18.9. The van der Waals surface area contributed by atoms with E-state index in [0.29, 0.717) is 6.54 Å². The van der Waals surface area contributed by atoms with E-state index in [2.05, 4.69) is 10.6 Å². The van der Waals surface area contributed by atoms with Crippen molar-refractivity contribution in [3.8, 4) is 5.75 Å². The first-order valence-corrected chi connectivity index (χ1v) is 11.0. The van der Waals surface area contributed by atoms with Crippen LogP contribution in [0.4, 0.5) is 5.69 Å². The highest BCUT2D eigenvalue weighted by Gasteiger charge is 2.20. The Bertz CT molecular complexity index is 1260. The van der Waals surface area contributed by atoms with Gasteiger partial charge in [0.25, 0.3) is 11.6 Å². The number of nitro groups is 1. The van der Waals surface area contributed by atoms with E-state index in [4.69, 9.17) is 4.18 Å². The van der Waals surface area contributed by atoms with Gasteiger partial charge in [-0.05, 0) is 35.9 Å². The monoisotopic (exact) mass is 469 g/mol. The Balaban J connectivity index is 1.54. The number of hydrogen-bond acceptors (Lipinski definition) is 7. The van der Waals surface area contributed by atoms with Crippen LogP contribution in [0.15, 0.2) is 83.8 Å². The lowest BCUT2D eigenvalue weighted by Gasteiger charge is -2.09. The largest absolute Gasteiger partial charge is 0.379 e. The van der Waals surface area contributed by atoms with Gasteiger partial charge in [-0.15, -0.1) is 0 Å². The van der Waals surface area contributed by atoms with Crippen molar-refractivity contribution in [3.63, 3.8) is 0 Å². The van der Waals surface area contributed by atoms with E-state index in [1.807, 2.05) is 30.3 Å². The average Bonchev–Trinajstić information content (AvgIpc) is 2.82. The molecule has 3 aromatic rings. The molecule has 0 bridgehead atoms. The molecule has 0 saturated carbocycles. The van der Waals surface area contributed by atoms with Crippen LogP contribution < -0.4 is 14.8 Å². The van der Waals surface area contributed by atoms with E-state index >= 15 is 0 Å². The van der Waals surface area contributed by atoms with E-state index < -0.39 is 20.9 Å². The molecule has 0 aliphatic carbocycles. The molecule has 2 amide bonds. The summed E-state index contributed by atoms with van der Waals surface area (Å²) in [4.78, 5) is 33.9. The summed E-state index contributed by atoms with van der Waals surface area (Å²) >= 11 is 0. The maximum absolute atomic E-state index is 12.4. The first-order valence-electron chi connectivity index (χ1n) is 9.62. The van der Waals surface area contributed by atoms with Crippen molar-refractivity contribution in [1.29, 1.82) is 0 Å². The molecule has 170 valence electrons. The molecule has 0 radical (unpaired) electrons. The molecule has 0 aromatic heterocycles. The van der Waals surface area contributed by atoms with Crippen LogP contribution in [0.2, 0.25) is 0 Å². The summed E-state index contributed by atoms with van der Waals surface area (Å²) in [7, 11) is -4.31. The average molecular weight is 469 g/mol. The van der Waals surface area contributed by atoms with E-state index in [-0.39, 0.29) is 34.3 Å². The Hall–Kier alpha value is -4.25. The molecule has 0 aliphatic heterocycles. The minimum absolute atomic E-state index is 0.0846. The van der Waals surface area contributed by atoms with Gasteiger partial charge in [-0.2, -0.15) is 8.42 Å². The number of rotatable bonds is 9. The van der Waals surface area contributed by atoms with Gasteiger partial charge in [0.05, 0.1) is 11.5 Å². The van der Waals surface area contributed by atoms with Gasteiger partial charge in [0.15, 0.2) is 0 Å². The van der Waals surface area contributed by atoms with Crippen LogP contribution in [0, 0.1) is 10.1 Å². The smallest absolute Gasteiger partial charge is 0.339 e. The zero-order valence-electron chi connectivity index (χ0n) is 17.1. The maximum atomic E-state index is 12.4. The quantitative estimate of drug-likeness (QED) is 0.278. The fourth-order valence-electron chi connectivity index (χ4n) is 2.71. The van der Waals surface area contributed by atoms with Crippen LogP contribution in [-0.4, -0.2) is 31.7 Å². The summed E-state index contributed by atoms with van der Waals surface area (Å²) in [5, 5.41) is 16.0. The molecule has 33 heavy (non-hydrogen) atoms. The molecule has 0 heterocycles. The van der Waals surface area contributed by atoms with Gasteiger partial charge in [-0.3, -0.25) is 19.7 Å². The molecule has 0 aliphatic rings. The number of nitrogens with one attached hydrogen (secondary N) is 2.